The Labute approximate surface area is 111 Å². The lowest BCUT2D eigenvalue weighted by Crippen LogP contribution is -2.28. The Bertz CT molecular complexity index is 612. The highest BCUT2D eigenvalue weighted by molar-refractivity contribution is 6.31. The molecule has 2 heterocycles. The minimum absolute atomic E-state index is 0.0372. The third-order valence-corrected chi connectivity index (χ3v) is 3.80. The van der Waals surface area contributed by atoms with Crippen LogP contribution in [0.3, 0.4) is 0 Å². The number of hydrogen-bond acceptors (Lipinski definition) is 3. The van der Waals surface area contributed by atoms with Gasteiger partial charge < -0.3 is 10.0 Å². The van der Waals surface area contributed by atoms with Gasteiger partial charge in [0.15, 0.2) is 0 Å². The van der Waals surface area contributed by atoms with E-state index in [-0.39, 0.29) is 6.61 Å². The molecule has 0 bridgehead atoms. The molecule has 94 valence electrons. The summed E-state index contributed by atoms with van der Waals surface area (Å²) in [5.41, 5.74) is 4.18. The van der Waals surface area contributed by atoms with Gasteiger partial charge in [0.05, 0.1) is 12.1 Å². The second kappa shape index (κ2) is 4.50. The Hall–Kier alpha value is -1.16. The van der Waals surface area contributed by atoms with Crippen LogP contribution in [0.15, 0.2) is 18.2 Å². The number of halogens is 1. The molecule has 0 spiro atoms. The topological polar surface area (TPSA) is 36.4 Å². The minimum Gasteiger partial charge on any atom is -0.392 e. The maximum atomic E-state index is 9.68. The molecule has 0 radical (unpaired) electrons. The SMILES string of the molecule is CN1CCc2nc3ccc(Cl)cc3c(CO)c2C1. The molecule has 1 aromatic heterocycles. The normalized spacial score (nSPS) is 15.9. The van der Waals surface area contributed by atoms with Crippen LogP contribution in [0.1, 0.15) is 16.8 Å². The standard InChI is InChI=1S/C14H15ClN2O/c1-17-5-4-14-11(7-17)12(8-18)10-6-9(15)2-3-13(10)16-14/h2-3,6,18H,4-5,7-8H2,1H3. The third-order valence-electron chi connectivity index (χ3n) is 3.57. The lowest BCUT2D eigenvalue weighted by molar-refractivity contribution is 0.271. The Balaban J connectivity index is 2.31. The predicted octanol–water partition coefficient (Wildman–Crippen LogP) is 2.37. The summed E-state index contributed by atoms with van der Waals surface area (Å²) >= 11 is 6.04. The summed E-state index contributed by atoms with van der Waals surface area (Å²) in [4.78, 5) is 6.95. The molecule has 0 atom stereocenters. The molecule has 0 unspecified atom stereocenters. The van der Waals surface area contributed by atoms with Gasteiger partial charge in [0.1, 0.15) is 0 Å². The average molecular weight is 263 g/mol. The van der Waals surface area contributed by atoms with Gasteiger partial charge in [-0.1, -0.05) is 11.6 Å². The molecule has 0 saturated carbocycles. The van der Waals surface area contributed by atoms with Crippen LogP contribution in [0.2, 0.25) is 5.02 Å². The van der Waals surface area contributed by atoms with E-state index in [2.05, 4.69) is 11.9 Å². The number of rotatable bonds is 1. The first-order valence-corrected chi connectivity index (χ1v) is 6.46. The van der Waals surface area contributed by atoms with Gasteiger partial charge in [-0.2, -0.15) is 0 Å². The van der Waals surface area contributed by atoms with Crippen molar-refractivity contribution in [3.05, 3.63) is 40.0 Å². The van der Waals surface area contributed by atoms with Crippen molar-refractivity contribution in [1.29, 1.82) is 0 Å². The Kier molecular flexibility index (Phi) is 2.98. The van der Waals surface area contributed by atoms with Crippen molar-refractivity contribution in [2.75, 3.05) is 13.6 Å². The summed E-state index contributed by atoms with van der Waals surface area (Å²) < 4.78 is 0. The van der Waals surface area contributed by atoms with Crippen molar-refractivity contribution in [2.24, 2.45) is 0 Å². The highest BCUT2D eigenvalue weighted by Crippen LogP contribution is 2.29. The first-order chi connectivity index (χ1) is 8.69. The van der Waals surface area contributed by atoms with Crippen LogP contribution in [0, 0.1) is 0 Å². The van der Waals surface area contributed by atoms with Crippen LogP contribution in [0.5, 0.6) is 0 Å². The fourth-order valence-corrected chi connectivity index (χ4v) is 2.79. The zero-order chi connectivity index (χ0) is 12.7. The molecular formula is C14H15ClN2O. The van der Waals surface area contributed by atoms with Gasteiger partial charge in [0.2, 0.25) is 0 Å². The van der Waals surface area contributed by atoms with Gasteiger partial charge in [-0.15, -0.1) is 0 Å². The van der Waals surface area contributed by atoms with E-state index in [1.807, 2.05) is 18.2 Å². The Morgan fingerprint density at radius 3 is 3.06 bits per heavy atom. The fourth-order valence-electron chi connectivity index (χ4n) is 2.62. The van der Waals surface area contributed by atoms with Crippen LogP contribution in [0.4, 0.5) is 0 Å². The van der Waals surface area contributed by atoms with Gasteiger partial charge in [-0.25, -0.2) is 0 Å². The lowest BCUT2D eigenvalue weighted by atomic mass is 9.96. The van der Waals surface area contributed by atoms with E-state index in [1.165, 1.54) is 5.56 Å². The average Bonchev–Trinajstić information content (AvgIpc) is 2.36. The number of hydrogen-bond donors (Lipinski definition) is 1. The summed E-state index contributed by atoms with van der Waals surface area (Å²) in [6.45, 7) is 1.90. The molecule has 1 aromatic carbocycles. The van der Waals surface area contributed by atoms with Crippen LogP contribution in [-0.4, -0.2) is 28.6 Å². The summed E-state index contributed by atoms with van der Waals surface area (Å²) in [7, 11) is 2.09. The fraction of sp³-hybridized carbons (Fsp3) is 0.357. The first kappa shape index (κ1) is 11.9. The van der Waals surface area contributed by atoms with Gasteiger partial charge in [-0.05, 0) is 36.4 Å². The van der Waals surface area contributed by atoms with E-state index in [1.54, 1.807) is 0 Å². The number of likely N-dealkylation sites (N-methyl/N-ethyl adjacent to an activating group) is 1. The molecule has 0 fully saturated rings. The summed E-state index contributed by atoms with van der Waals surface area (Å²) in [6, 6.07) is 5.67. The molecule has 3 rings (SSSR count). The second-order valence-corrected chi connectivity index (χ2v) is 5.26. The number of pyridine rings is 1. The van der Waals surface area contributed by atoms with E-state index < -0.39 is 0 Å². The van der Waals surface area contributed by atoms with Gasteiger partial charge in [0, 0.05) is 35.6 Å². The number of nitrogens with zero attached hydrogens (tertiary/aromatic N) is 2. The molecule has 1 aliphatic heterocycles. The lowest BCUT2D eigenvalue weighted by Gasteiger charge is -2.26. The predicted molar refractivity (Wildman–Crippen MR) is 72.7 cm³/mol. The largest absolute Gasteiger partial charge is 0.392 e. The van der Waals surface area contributed by atoms with E-state index in [9.17, 15) is 5.11 Å². The Morgan fingerprint density at radius 1 is 1.44 bits per heavy atom. The van der Waals surface area contributed by atoms with Crippen molar-refractivity contribution in [1.82, 2.24) is 9.88 Å². The zero-order valence-corrected chi connectivity index (χ0v) is 11.0. The van der Waals surface area contributed by atoms with E-state index in [0.717, 1.165) is 41.7 Å². The molecule has 1 aliphatic rings. The third kappa shape index (κ3) is 1.88. The number of aliphatic hydroxyl groups excluding tert-OH is 1. The molecule has 2 aromatic rings. The van der Waals surface area contributed by atoms with E-state index >= 15 is 0 Å². The summed E-state index contributed by atoms with van der Waals surface area (Å²) in [5.74, 6) is 0. The second-order valence-electron chi connectivity index (χ2n) is 4.82. The van der Waals surface area contributed by atoms with Crippen molar-refractivity contribution in [3.63, 3.8) is 0 Å². The van der Waals surface area contributed by atoms with Crippen LogP contribution in [0.25, 0.3) is 10.9 Å². The van der Waals surface area contributed by atoms with Crippen LogP contribution >= 0.6 is 11.6 Å². The zero-order valence-electron chi connectivity index (χ0n) is 10.3. The van der Waals surface area contributed by atoms with Gasteiger partial charge in [-0.3, -0.25) is 4.98 Å². The number of aliphatic hydroxyl groups is 1. The summed E-state index contributed by atoms with van der Waals surface area (Å²) in [6.07, 6.45) is 0.942. The van der Waals surface area contributed by atoms with Crippen molar-refractivity contribution in [2.45, 2.75) is 19.6 Å². The van der Waals surface area contributed by atoms with E-state index in [4.69, 9.17) is 16.6 Å². The number of fused-ring (bicyclic) bond motifs is 2. The van der Waals surface area contributed by atoms with Gasteiger partial charge in [0.25, 0.3) is 0 Å². The van der Waals surface area contributed by atoms with Crippen molar-refractivity contribution < 1.29 is 5.11 Å². The number of aromatic nitrogens is 1. The quantitative estimate of drug-likeness (QED) is 0.857. The van der Waals surface area contributed by atoms with Crippen LogP contribution < -0.4 is 0 Å². The van der Waals surface area contributed by atoms with Crippen molar-refractivity contribution in [3.8, 4) is 0 Å². The molecule has 4 heteroatoms. The minimum atomic E-state index is 0.0372. The molecule has 0 saturated heterocycles. The molecule has 0 aliphatic carbocycles. The Morgan fingerprint density at radius 2 is 2.28 bits per heavy atom. The molecular weight excluding hydrogens is 248 g/mol. The highest BCUT2D eigenvalue weighted by atomic mass is 35.5. The van der Waals surface area contributed by atoms with E-state index in [0.29, 0.717) is 5.02 Å². The van der Waals surface area contributed by atoms with Crippen LogP contribution in [-0.2, 0) is 19.6 Å². The summed E-state index contributed by atoms with van der Waals surface area (Å²) in [5, 5.41) is 11.3. The maximum Gasteiger partial charge on any atom is 0.0710 e. The molecule has 1 N–H and O–H groups in total. The number of benzene rings is 1. The monoisotopic (exact) mass is 262 g/mol. The first-order valence-electron chi connectivity index (χ1n) is 6.08. The van der Waals surface area contributed by atoms with Crippen molar-refractivity contribution >= 4 is 22.5 Å². The maximum absolute atomic E-state index is 9.68. The highest BCUT2D eigenvalue weighted by Gasteiger charge is 2.20. The molecule has 18 heavy (non-hydrogen) atoms. The molecule has 0 amide bonds. The molecule has 3 nitrogen and oxygen atoms in total. The van der Waals surface area contributed by atoms with Gasteiger partial charge >= 0.3 is 0 Å². The smallest absolute Gasteiger partial charge is 0.0710 e.